The number of methoxy groups -OCH3 is 1. The monoisotopic (exact) mass is 365 g/mol. The molecule has 1 aliphatic rings. The molecule has 3 nitrogen and oxygen atoms in total. The van der Waals surface area contributed by atoms with Crippen molar-refractivity contribution in [1.82, 2.24) is 0 Å². The van der Waals surface area contributed by atoms with Gasteiger partial charge in [-0.05, 0) is 48.7 Å². The zero-order valence-corrected chi connectivity index (χ0v) is 17.1. The molecule has 0 aromatic heterocycles. The Labute approximate surface area is 164 Å². The van der Waals surface area contributed by atoms with Crippen LogP contribution in [0.1, 0.15) is 37.8 Å². The van der Waals surface area contributed by atoms with E-state index < -0.39 is 0 Å². The predicted molar refractivity (Wildman–Crippen MR) is 113 cm³/mol. The molecule has 1 fully saturated rings. The Bertz CT molecular complexity index is 741. The maximum atomic E-state index is 5.22. The number of nitrogens with one attached hydrogen (secondary N) is 1. The van der Waals surface area contributed by atoms with Crippen molar-refractivity contribution < 1.29 is 9.64 Å². The molecule has 2 aromatic rings. The predicted octanol–water partition coefficient (Wildman–Crippen LogP) is 3.39. The molecule has 0 bridgehead atoms. The summed E-state index contributed by atoms with van der Waals surface area (Å²) in [6.45, 7) is 6.89. The van der Waals surface area contributed by atoms with Gasteiger partial charge in [0, 0.05) is 30.5 Å². The zero-order valence-electron chi connectivity index (χ0n) is 17.1. The number of aliphatic imine (C=N–C) groups is 1. The molecular weight excluding hydrogens is 332 g/mol. The molecule has 3 rings (SSSR count). The second-order valence-corrected chi connectivity index (χ2v) is 8.14. The fourth-order valence-electron chi connectivity index (χ4n) is 4.59. The van der Waals surface area contributed by atoms with Crippen LogP contribution in [0.4, 0.5) is 0 Å². The molecule has 3 heteroatoms. The Morgan fingerprint density at radius 1 is 1.11 bits per heavy atom. The van der Waals surface area contributed by atoms with Gasteiger partial charge in [-0.1, -0.05) is 37.3 Å². The summed E-state index contributed by atoms with van der Waals surface area (Å²) in [5, 5.41) is 0. The highest BCUT2D eigenvalue weighted by Gasteiger charge is 2.45. The second kappa shape index (κ2) is 8.71. The molecule has 2 aromatic carbocycles. The normalized spacial score (nSPS) is 28.4. The third-order valence-corrected chi connectivity index (χ3v) is 6.48. The third kappa shape index (κ3) is 4.41. The highest BCUT2D eigenvalue weighted by atomic mass is 16.5. The van der Waals surface area contributed by atoms with Crippen LogP contribution in [0.15, 0.2) is 59.6 Å². The average molecular weight is 366 g/mol. The fourth-order valence-corrected chi connectivity index (χ4v) is 4.59. The minimum Gasteiger partial charge on any atom is -0.497 e. The van der Waals surface area contributed by atoms with E-state index in [1.807, 2.05) is 18.3 Å². The summed E-state index contributed by atoms with van der Waals surface area (Å²) >= 11 is 0. The van der Waals surface area contributed by atoms with Gasteiger partial charge in [0.1, 0.15) is 5.75 Å². The molecular formula is C24H33N2O+. The average Bonchev–Trinajstić information content (AvgIpc) is 2.70. The molecule has 0 radical (unpaired) electrons. The summed E-state index contributed by atoms with van der Waals surface area (Å²) in [7, 11) is 4.02. The molecule has 0 aliphatic carbocycles. The summed E-state index contributed by atoms with van der Waals surface area (Å²) in [6, 6.07) is 19.9. The topological polar surface area (TPSA) is 26.0 Å². The highest BCUT2D eigenvalue weighted by molar-refractivity contribution is 5.79. The van der Waals surface area contributed by atoms with Crippen LogP contribution in [0.2, 0.25) is 0 Å². The molecule has 1 unspecified atom stereocenters. The van der Waals surface area contributed by atoms with E-state index in [1.54, 1.807) is 12.0 Å². The minimum absolute atomic E-state index is 0.220. The molecule has 0 saturated carbocycles. The number of ether oxygens (including phenoxy) is 1. The van der Waals surface area contributed by atoms with E-state index in [1.165, 1.54) is 18.5 Å². The first-order valence-electron chi connectivity index (χ1n) is 10.1. The number of nitrogens with zero attached hydrogens (tertiary/aromatic N) is 1. The lowest BCUT2D eigenvalue weighted by atomic mass is 9.63. The molecule has 4 atom stereocenters. The summed E-state index contributed by atoms with van der Waals surface area (Å²) in [5.41, 5.74) is 2.83. The van der Waals surface area contributed by atoms with Crippen LogP contribution in [-0.4, -0.2) is 39.5 Å². The van der Waals surface area contributed by atoms with Gasteiger partial charge >= 0.3 is 0 Å². The van der Waals surface area contributed by atoms with E-state index in [9.17, 15) is 0 Å². The van der Waals surface area contributed by atoms with Gasteiger partial charge in [-0.15, -0.1) is 0 Å². The Morgan fingerprint density at radius 2 is 1.81 bits per heavy atom. The van der Waals surface area contributed by atoms with Crippen molar-refractivity contribution in [3.8, 4) is 5.75 Å². The number of quaternary nitrogens is 1. The Hall–Kier alpha value is -2.13. The molecule has 1 saturated heterocycles. The van der Waals surface area contributed by atoms with Crippen LogP contribution in [0.5, 0.6) is 5.75 Å². The van der Waals surface area contributed by atoms with Crippen molar-refractivity contribution in [2.24, 2.45) is 10.9 Å². The van der Waals surface area contributed by atoms with E-state index >= 15 is 0 Å². The highest BCUT2D eigenvalue weighted by Crippen LogP contribution is 2.41. The van der Waals surface area contributed by atoms with Crippen LogP contribution >= 0.6 is 0 Å². The number of hydrogen-bond acceptors (Lipinski definition) is 2. The largest absolute Gasteiger partial charge is 0.497 e. The summed E-state index contributed by atoms with van der Waals surface area (Å²) < 4.78 is 5.22. The van der Waals surface area contributed by atoms with Gasteiger partial charge in [0.25, 0.3) is 0 Å². The van der Waals surface area contributed by atoms with E-state index in [0.29, 0.717) is 12.0 Å². The third-order valence-electron chi connectivity index (χ3n) is 6.48. The standard InChI is InChI=1S/C24H32N2O/c1-19-18-26(3)20(2)16-24(19,22-8-6-5-7-9-22)14-15-25-17-21-10-12-23(27-4)13-11-21/h5-13,17,19-20H,14-16,18H2,1-4H3/p+1/t19-,20-,24-/m1/s1. The Kier molecular flexibility index (Phi) is 6.33. The summed E-state index contributed by atoms with van der Waals surface area (Å²) in [6.07, 6.45) is 4.32. The first kappa shape index (κ1) is 19.6. The van der Waals surface area contributed by atoms with Crippen LogP contribution in [0.25, 0.3) is 0 Å². The maximum Gasteiger partial charge on any atom is 0.118 e. The van der Waals surface area contributed by atoms with Crippen LogP contribution < -0.4 is 9.64 Å². The molecule has 144 valence electrons. The SMILES string of the molecule is COc1ccc(C=NCC[C@@]2(c3ccccc3)C[C@@H](C)[NH+](C)C[C@H]2C)cc1. The van der Waals surface area contributed by atoms with Crippen molar-refractivity contribution in [2.45, 2.75) is 38.1 Å². The first-order valence-corrected chi connectivity index (χ1v) is 10.1. The van der Waals surface area contributed by atoms with Gasteiger partial charge in [0.2, 0.25) is 0 Å². The van der Waals surface area contributed by atoms with Crippen molar-refractivity contribution in [2.75, 3.05) is 27.2 Å². The lowest BCUT2D eigenvalue weighted by Crippen LogP contribution is -3.15. The minimum atomic E-state index is 0.220. The maximum absolute atomic E-state index is 5.22. The number of hydrogen-bond donors (Lipinski definition) is 1. The smallest absolute Gasteiger partial charge is 0.118 e. The number of rotatable bonds is 6. The molecule has 27 heavy (non-hydrogen) atoms. The van der Waals surface area contributed by atoms with E-state index in [2.05, 4.69) is 63.4 Å². The molecule has 0 amide bonds. The van der Waals surface area contributed by atoms with E-state index in [0.717, 1.165) is 24.3 Å². The van der Waals surface area contributed by atoms with Gasteiger partial charge in [0.15, 0.2) is 0 Å². The van der Waals surface area contributed by atoms with Gasteiger partial charge in [-0.3, -0.25) is 4.99 Å². The lowest BCUT2D eigenvalue weighted by Gasteiger charge is -2.47. The summed E-state index contributed by atoms with van der Waals surface area (Å²) in [4.78, 5) is 6.42. The molecule has 0 spiro atoms. The fraction of sp³-hybridized carbons (Fsp3) is 0.458. The quantitative estimate of drug-likeness (QED) is 0.780. The molecule has 1 N–H and O–H groups in total. The van der Waals surface area contributed by atoms with Crippen LogP contribution in [0.3, 0.4) is 0 Å². The number of piperidine rings is 1. The van der Waals surface area contributed by atoms with Crippen LogP contribution in [-0.2, 0) is 5.41 Å². The van der Waals surface area contributed by atoms with Crippen molar-refractivity contribution >= 4 is 6.21 Å². The van der Waals surface area contributed by atoms with Crippen molar-refractivity contribution in [1.29, 1.82) is 0 Å². The van der Waals surface area contributed by atoms with Gasteiger partial charge < -0.3 is 9.64 Å². The van der Waals surface area contributed by atoms with Crippen molar-refractivity contribution in [3.63, 3.8) is 0 Å². The Balaban J connectivity index is 1.75. The van der Waals surface area contributed by atoms with Gasteiger partial charge in [-0.25, -0.2) is 0 Å². The van der Waals surface area contributed by atoms with Gasteiger partial charge in [-0.2, -0.15) is 0 Å². The van der Waals surface area contributed by atoms with E-state index in [4.69, 9.17) is 9.73 Å². The van der Waals surface area contributed by atoms with Gasteiger partial charge in [0.05, 0.1) is 26.7 Å². The zero-order chi connectivity index (χ0) is 19.3. The van der Waals surface area contributed by atoms with E-state index in [-0.39, 0.29) is 5.41 Å². The Morgan fingerprint density at radius 3 is 2.48 bits per heavy atom. The lowest BCUT2D eigenvalue weighted by molar-refractivity contribution is -0.915. The second-order valence-electron chi connectivity index (χ2n) is 8.14. The number of likely N-dealkylation sites (tertiary alicyclic amines) is 1. The van der Waals surface area contributed by atoms with Crippen molar-refractivity contribution in [3.05, 3.63) is 65.7 Å². The number of benzene rings is 2. The summed E-state index contributed by atoms with van der Waals surface area (Å²) in [5.74, 6) is 1.53. The molecule has 1 aliphatic heterocycles. The first-order chi connectivity index (χ1) is 13.0. The molecule has 1 heterocycles. The van der Waals surface area contributed by atoms with Crippen LogP contribution in [0, 0.1) is 5.92 Å².